The third-order valence-corrected chi connectivity index (χ3v) is 2.50. The maximum atomic E-state index is 9.23. The molecule has 2 heterocycles. The van der Waals surface area contributed by atoms with Crippen molar-refractivity contribution in [1.82, 2.24) is 4.90 Å². The number of ether oxygens (including phenoxy) is 1. The Labute approximate surface area is 71.7 Å². The Bertz CT molecular complexity index is 150. The fourth-order valence-electron chi connectivity index (χ4n) is 1.59. The van der Waals surface area contributed by atoms with E-state index in [9.17, 15) is 10.2 Å². The number of β-amino-alcohol motifs (C(OH)–C–C–N with tert-alkyl or cyclic N) is 2. The van der Waals surface area contributed by atoms with Crippen molar-refractivity contribution >= 4 is 0 Å². The van der Waals surface area contributed by atoms with Gasteiger partial charge in [0.05, 0.1) is 24.9 Å². The van der Waals surface area contributed by atoms with Crippen LogP contribution in [0.3, 0.4) is 0 Å². The van der Waals surface area contributed by atoms with Crippen LogP contribution >= 0.6 is 0 Å². The number of hydrogen-bond donors (Lipinski definition) is 2. The molecule has 4 heteroatoms. The molecule has 3 atom stereocenters. The summed E-state index contributed by atoms with van der Waals surface area (Å²) in [6, 6.07) is 0. The highest BCUT2D eigenvalue weighted by Gasteiger charge is 2.31. The quantitative estimate of drug-likeness (QED) is 0.527. The van der Waals surface area contributed by atoms with E-state index in [4.69, 9.17) is 4.74 Å². The number of aliphatic hydroxyl groups excluding tert-OH is 2. The molecule has 12 heavy (non-hydrogen) atoms. The predicted molar refractivity (Wildman–Crippen MR) is 42.8 cm³/mol. The number of likely N-dealkylation sites (tertiary alicyclic amines) is 1. The Hall–Kier alpha value is -0.160. The summed E-state index contributed by atoms with van der Waals surface area (Å²) < 4.78 is 5.07. The molecule has 2 N–H and O–H groups in total. The molecule has 2 aliphatic heterocycles. The van der Waals surface area contributed by atoms with Crippen molar-refractivity contribution in [2.45, 2.75) is 24.7 Å². The van der Waals surface area contributed by atoms with Gasteiger partial charge in [0.15, 0.2) is 0 Å². The van der Waals surface area contributed by atoms with E-state index in [1.165, 1.54) is 0 Å². The average molecular weight is 173 g/mol. The Morgan fingerprint density at radius 1 is 1.25 bits per heavy atom. The van der Waals surface area contributed by atoms with Crippen LogP contribution in [0.1, 0.15) is 6.42 Å². The van der Waals surface area contributed by atoms with Crippen LogP contribution in [-0.2, 0) is 4.74 Å². The molecule has 0 saturated carbocycles. The third kappa shape index (κ3) is 1.95. The van der Waals surface area contributed by atoms with Gasteiger partial charge in [0, 0.05) is 19.6 Å². The summed E-state index contributed by atoms with van der Waals surface area (Å²) in [5, 5.41) is 18.5. The van der Waals surface area contributed by atoms with Crippen LogP contribution in [0.25, 0.3) is 0 Å². The minimum atomic E-state index is -0.551. The van der Waals surface area contributed by atoms with Crippen LogP contribution in [0.15, 0.2) is 0 Å². The van der Waals surface area contributed by atoms with E-state index in [0.717, 1.165) is 19.6 Å². The molecule has 2 aliphatic rings. The minimum Gasteiger partial charge on any atom is -0.389 e. The Balaban J connectivity index is 1.67. The molecule has 0 aromatic heterocycles. The first-order chi connectivity index (χ1) is 5.75. The number of epoxide rings is 1. The molecule has 0 aromatic carbocycles. The topological polar surface area (TPSA) is 56.2 Å². The van der Waals surface area contributed by atoms with E-state index in [0.29, 0.717) is 19.2 Å². The van der Waals surface area contributed by atoms with Gasteiger partial charge in [0.1, 0.15) is 0 Å². The van der Waals surface area contributed by atoms with E-state index >= 15 is 0 Å². The summed E-state index contributed by atoms with van der Waals surface area (Å²) in [5.74, 6) is 0. The standard InChI is InChI=1S/C8H15NO3/c10-7-3-9(4-8(7)11)2-1-6-5-12-6/h6-8,10-11H,1-5H2. The van der Waals surface area contributed by atoms with Gasteiger partial charge < -0.3 is 14.9 Å². The van der Waals surface area contributed by atoms with Crippen LogP contribution in [0, 0.1) is 0 Å². The Kier molecular flexibility index (Phi) is 2.32. The lowest BCUT2D eigenvalue weighted by Gasteiger charge is -2.12. The molecule has 2 fully saturated rings. The number of rotatable bonds is 3. The lowest BCUT2D eigenvalue weighted by Crippen LogP contribution is -2.24. The van der Waals surface area contributed by atoms with Crippen molar-refractivity contribution in [3.63, 3.8) is 0 Å². The summed E-state index contributed by atoms with van der Waals surface area (Å²) in [5.41, 5.74) is 0. The molecule has 0 spiro atoms. The first-order valence-electron chi connectivity index (χ1n) is 4.46. The van der Waals surface area contributed by atoms with Crippen molar-refractivity contribution < 1.29 is 14.9 Å². The average Bonchev–Trinajstić information content (AvgIpc) is 2.78. The molecule has 0 aromatic rings. The van der Waals surface area contributed by atoms with Crippen LogP contribution in [0.5, 0.6) is 0 Å². The van der Waals surface area contributed by atoms with Crippen molar-refractivity contribution in [1.29, 1.82) is 0 Å². The van der Waals surface area contributed by atoms with Crippen molar-refractivity contribution in [3.05, 3.63) is 0 Å². The third-order valence-electron chi connectivity index (χ3n) is 2.50. The summed E-state index contributed by atoms with van der Waals surface area (Å²) >= 11 is 0. The Morgan fingerprint density at radius 3 is 2.33 bits per heavy atom. The van der Waals surface area contributed by atoms with Gasteiger partial charge in [0.2, 0.25) is 0 Å². The highest BCUT2D eigenvalue weighted by Crippen LogP contribution is 2.16. The van der Waals surface area contributed by atoms with Gasteiger partial charge in [-0.3, -0.25) is 4.90 Å². The fourth-order valence-corrected chi connectivity index (χ4v) is 1.59. The van der Waals surface area contributed by atoms with E-state index in [1.807, 2.05) is 0 Å². The summed E-state index contributed by atoms with van der Waals surface area (Å²) in [7, 11) is 0. The molecule has 2 rings (SSSR count). The zero-order valence-corrected chi connectivity index (χ0v) is 7.02. The molecule has 0 radical (unpaired) electrons. The number of aliphatic hydroxyl groups is 2. The van der Waals surface area contributed by atoms with Crippen LogP contribution in [0.2, 0.25) is 0 Å². The highest BCUT2D eigenvalue weighted by atomic mass is 16.6. The zero-order chi connectivity index (χ0) is 8.55. The number of hydrogen-bond acceptors (Lipinski definition) is 4. The van der Waals surface area contributed by atoms with E-state index in [1.54, 1.807) is 0 Å². The van der Waals surface area contributed by atoms with Gasteiger partial charge >= 0.3 is 0 Å². The summed E-state index contributed by atoms with van der Waals surface area (Å²) in [6.45, 7) is 3.03. The molecule has 0 amide bonds. The molecular weight excluding hydrogens is 158 g/mol. The predicted octanol–water partition coefficient (Wildman–Crippen LogP) is -1.19. The van der Waals surface area contributed by atoms with Crippen molar-refractivity contribution in [2.75, 3.05) is 26.2 Å². The second-order valence-electron chi connectivity index (χ2n) is 3.64. The van der Waals surface area contributed by atoms with E-state index in [2.05, 4.69) is 4.90 Å². The maximum Gasteiger partial charge on any atom is 0.0938 e. The summed E-state index contributed by atoms with van der Waals surface area (Å²) in [4.78, 5) is 2.08. The monoisotopic (exact) mass is 173 g/mol. The van der Waals surface area contributed by atoms with Crippen LogP contribution in [-0.4, -0.2) is 59.7 Å². The van der Waals surface area contributed by atoms with Crippen molar-refractivity contribution in [2.24, 2.45) is 0 Å². The Morgan fingerprint density at radius 2 is 1.83 bits per heavy atom. The number of nitrogens with zero attached hydrogens (tertiary/aromatic N) is 1. The largest absolute Gasteiger partial charge is 0.389 e. The molecule has 2 saturated heterocycles. The van der Waals surface area contributed by atoms with Gasteiger partial charge in [-0.2, -0.15) is 0 Å². The van der Waals surface area contributed by atoms with Gasteiger partial charge in [-0.15, -0.1) is 0 Å². The van der Waals surface area contributed by atoms with E-state index in [-0.39, 0.29) is 0 Å². The molecule has 0 aliphatic carbocycles. The molecular formula is C8H15NO3. The van der Waals surface area contributed by atoms with Crippen LogP contribution in [0.4, 0.5) is 0 Å². The first-order valence-corrected chi connectivity index (χ1v) is 4.46. The summed E-state index contributed by atoms with van der Waals surface area (Å²) in [6.07, 6.45) is 0.370. The lowest BCUT2D eigenvalue weighted by molar-refractivity contribution is 0.0572. The lowest BCUT2D eigenvalue weighted by atomic mass is 10.3. The first kappa shape index (κ1) is 8.44. The smallest absolute Gasteiger partial charge is 0.0938 e. The molecule has 4 nitrogen and oxygen atoms in total. The molecule has 3 unspecified atom stereocenters. The van der Waals surface area contributed by atoms with Crippen molar-refractivity contribution in [3.8, 4) is 0 Å². The molecule has 70 valence electrons. The van der Waals surface area contributed by atoms with E-state index < -0.39 is 12.2 Å². The van der Waals surface area contributed by atoms with Gasteiger partial charge in [-0.05, 0) is 6.42 Å². The van der Waals surface area contributed by atoms with Gasteiger partial charge in [-0.1, -0.05) is 0 Å². The second-order valence-corrected chi connectivity index (χ2v) is 3.64. The fraction of sp³-hybridized carbons (Fsp3) is 1.00. The van der Waals surface area contributed by atoms with Crippen LogP contribution < -0.4 is 0 Å². The van der Waals surface area contributed by atoms with Gasteiger partial charge in [-0.25, -0.2) is 0 Å². The normalized spacial score (nSPS) is 42.0. The SMILES string of the molecule is OC1CN(CCC2CO2)CC1O. The highest BCUT2D eigenvalue weighted by molar-refractivity contribution is 4.84. The minimum absolute atomic E-state index is 0.444. The maximum absolute atomic E-state index is 9.23. The molecule has 0 bridgehead atoms. The zero-order valence-electron chi connectivity index (χ0n) is 7.02. The van der Waals surface area contributed by atoms with Gasteiger partial charge in [0.25, 0.3) is 0 Å². The second kappa shape index (κ2) is 3.30.